The van der Waals surface area contributed by atoms with Crippen LogP contribution in [0.3, 0.4) is 0 Å². The lowest BCUT2D eigenvalue weighted by Crippen LogP contribution is -2.14. The van der Waals surface area contributed by atoms with Crippen molar-refractivity contribution in [2.24, 2.45) is 0 Å². The standard InChI is InChI=1S/C14H9ClN4O7/c1-7-4-9(17(21)22)2-3-10(7)16-14(20)8-5-11(18(23)24)13(15)12(6-8)19(25)26/h2-6H,1H3,(H,16,20). The molecule has 0 heterocycles. The van der Waals surface area contributed by atoms with Gasteiger partial charge in [0, 0.05) is 30.0 Å². The van der Waals surface area contributed by atoms with E-state index in [9.17, 15) is 35.1 Å². The molecule has 0 aliphatic rings. The number of hydrogen-bond acceptors (Lipinski definition) is 7. The number of amides is 1. The van der Waals surface area contributed by atoms with E-state index in [1.165, 1.54) is 19.1 Å². The number of nitrogens with one attached hydrogen (secondary N) is 1. The first-order chi connectivity index (χ1) is 12.1. The van der Waals surface area contributed by atoms with Crippen LogP contribution in [0.5, 0.6) is 0 Å². The van der Waals surface area contributed by atoms with Gasteiger partial charge in [-0.25, -0.2) is 0 Å². The first-order valence-corrected chi connectivity index (χ1v) is 7.18. The number of anilines is 1. The molecule has 0 aliphatic carbocycles. The monoisotopic (exact) mass is 380 g/mol. The van der Waals surface area contributed by atoms with Crippen molar-refractivity contribution in [2.75, 3.05) is 5.32 Å². The van der Waals surface area contributed by atoms with Gasteiger partial charge in [-0.3, -0.25) is 35.1 Å². The molecule has 1 N–H and O–H groups in total. The van der Waals surface area contributed by atoms with Crippen molar-refractivity contribution in [3.8, 4) is 0 Å². The van der Waals surface area contributed by atoms with Gasteiger partial charge in [0.05, 0.1) is 20.3 Å². The fraction of sp³-hybridized carbons (Fsp3) is 0.0714. The molecule has 2 rings (SSSR count). The molecule has 1 amide bonds. The molecular weight excluding hydrogens is 372 g/mol. The molecule has 0 aromatic heterocycles. The summed E-state index contributed by atoms with van der Waals surface area (Å²) in [4.78, 5) is 42.5. The number of carbonyl (C=O) groups excluding carboxylic acids is 1. The number of nitrogens with zero attached hydrogens (tertiary/aromatic N) is 3. The lowest BCUT2D eigenvalue weighted by molar-refractivity contribution is -0.393. The normalized spacial score (nSPS) is 10.2. The molecular formula is C14H9ClN4O7. The summed E-state index contributed by atoms with van der Waals surface area (Å²) in [5.74, 6) is -0.871. The molecule has 0 saturated heterocycles. The highest BCUT2D eigenvalue weighted by atomic mass is 35.5. The highest BCUT2D eigenvalue weighted by Gasteiger charge is 2.27. The van der Waals surface area contributed by atoms with Gasteiger partial charge in [-0.05, 0) is 18.6 Å². The van der Waals surface area contributed by atoms with Crippen molar-refractivity contribution in [3.63, 3.8) is 0 Å². The Balaban J connectivity index is 2.43. The van der Waals surface area contributed by atoms with E-state index < -0.39 is 37.1 Å². The zero-order chi connectivity index (χ0) is 19.6. The van der Waals surface area contributed by atoms with Gasteiger partial charge in [0.1, 0.15) is 0 Å². The van der Waals surface area contributed by atoms with E-state index in [2.05, 4.69) is 5.32 Å². The molecule has 134 valence electrons. The third kappa shape index (κ3) is 3.72. The smallest absolute Gasteiger partial charge is 0.295 e. The van der Waals surface area contributed by atoms with Crippen molar-refractivity contribution < 1.29 is 19.6 Å². The molecule has 0 radical (unpaired) electrons. The van der Waals surface area contributed by atoms with E-state index in [-0.39, 0.29) is 16.9 Å². The predicted molar refractivity (Wildman–Crippen MR) is 90.5 cm³/mol. The summed E-state index contributed by atoms with van der Waals surface area (Å²) in [6.07, 6.45) is 0. The van der Waals surface area contributed by atoms with Crippen LogP contribution in [-0.4, -0.2) is 20.7 Å². The third-order valence-electron chi connectivity index (χ3n) is 3.36. The summed E-state index contributed by atoms with van der Waals surface area (Å²) in [6, 6.07) is 5.29. The average molecular weight is 381 g/mol. The van der Waals surface area contributed by atoms with Crippen LogP contribution >= 0.6 is 11.6 Å². The summed E-state index contributed by atoms with van der Waals surface area (Å²) < 4.78 is 0. The molecule has 0 aliphatic heterocycles. The molecule has 0 unspecified atom stereocenters. The number of non-ortho nitro benzene ring substituents is 1. The summed E-state index contributed by atoms with van der Waals surface area (Å²) in [6.45, 7) is 1.51. The molecule has 0 bridgehead atoms. The second-order valence-electron chi connectivity index (χ2n) is 5.05. The van der Waals surface area contributed by atoms with E-state index in [1.54, 1.807) is 0 Å². The number of carbonyl (C=O) groups is 1. The Morgan fingerprint density at radius 1 is 0.962 bits per heavy atom. The maximum atomic E-state index is 12.3. The molecule has 0 atom stereocenters. The van der Waals surface area contributed by atoms with Crippen LogP contribution in [0, 0.1) is 37.3 Å². The number of halogens is 1. The Bertz CT molecular complexity index is 925. The van der Waals surface area contributed by atoms with E-state index in [4.69, 9.17) is 11.6 Å². The molecule has 2 aromatic carbocycles. The zero-order valence-electron chi connectivity index (χ0n) is 13.0. The van der Waals surface area contributed by atoms with Crippen molar-refractivity contribution in [3.05, 3.63) is 76.8 Å². The Morgan fingerprint density at radius 3 is 1.92 bits per heavy atom. The summed E-state index contributed by atoms with van der Waals surface area (Å²) in [7, 11) is 0. The van der Waals surface area contributed by atoms with Crippen LogP contribution in [0.1, 0.15) is 15.9 Å². The van der Waals surface area contributed by atoms with Gasteiger partial charge in [-0.15, -0.1) is 0 Å². The summed E-state index contributed by atoms with van der Waals surface area (Å²) >= 11 is 5.63. The quantitative estimate of drug-likeness (QED) is 0.612. The van der Waals surface area contributed by atoms with E-state index in [1.807, 2.05) is 0 Å². The highest BCUT2D eigenvalue weighted by Crippen LogP contribution is 2.35. The van der Waals surface area contributed by atoms with Crippen LogP contribution in [0.4, 0.5) is 22.7 Å². The molecule has 26 heavy (non-hydrogen) atoms. The highest BCUT2D eigenvalue weighted by molar-refractivity contribution is 6.35. The zero-order valence-corrected chi connectivity index (χ0v) is 13.7. The predicted octanol–water partition coefficient (Wildman–Crippen LogP) is 3.63. The summed E-state index contributed by atoms with van der Waals surface area (Å²) in [5.41, 5.74) is -1.53. The number of benzene rings is 2. The minimum absolute atomic E-state index is 0.182. The molecule has 0 saturated carbocycles. The minimum atomic E-state index is -0.941. The molecule has 2 aromatic rings. The van der Waals surface area contributed by atoms with E-state index >= 15 is 0 Å². The van der Waals surface area contributed by atoms with Crippen molar-refractivity contribution in [2.45, 2.75) is 6.92 Å². The number of aryl methyl sites for hydroxylation is 1. The van der Waals surface area contributed by atoms with Crippen molar-refractivity contribution >= 4 is 40.3 Å². The first kappa shape index (κ1) is 18.7. The fourth-order valence-electron chi connectivity index (χ4n) is 2.09. The van der Waals surface area contributed by atoms with Crippen LogP contribution in [0.15, 0.2) is 30.3 Å². The second kappa shape index (κ2) is 7.11. The van der Waals surface area contributed by atoms with E-state index in [0.29, 0.717) is 5.56 Å². The molecule has 0 spiro atoms. The Kier molecular flexibility index (Phi) is 5.12. The van der Waals surface area contributed by atoms with Crippen LogP contribution < -0.4 is 5.32 Å². The fourth-order valence-corrected chi connectivity index (χ4v) is 2.33. The first-order valence-electron chi connectivity index (χ1n) is 6.80. The SMILES string of the molecule is Cc1cc([N+](=O)[O-])ccc1NC(=O)c1cc([N+](=O)[O-])c(Cl)c([N+](=O)[O-])c1. The lowest BCUT2D eigenvalue weighted by Gasteiger charge is -2.09. The number of nitro groups is 3. The van der Waals surface area contributed by atoms with Gasteiger partial charge >= 0.3 is 0 Å². The molecule has 0 fully saturated rings. The maximum absolute atomic E-state index is 12.3. The second-order valence-corrected chi connectivity index (χ2v) is 5.43. The van der Waals surface area contributed by atoms with Gasteiger partial charge < -0.3 is 5.32 Å². The Morgan fingerprint density at radius 2 is 1.50 bits per heavy atom. The Labute approximate surface area is 149 Å². The third-order valence-corrected chi connectivity index (χ3v) is 3.75. The van der Waals surface area contributed by atoms with Gasteiger partial charge in [-0.1, -0.05) is 11.6 Å². The minimum Gasteiger partial charge on any atom is -0.322 e. The van der Waals surface area contributed by atoms with Crippen molar-refractivity contribution in [1.82, 2.24) is 0 Å². The topological polar surface area (TPSA) is 159 Å². The van der Waals surface area contributed by atoms with Gasteiger partial charge in [0.15, 0.2) is 5.02 Å². The number of rotatable bonds is 5. The summed E-state index contributed by atoms with van der Waals surface area (Å²) in [5, 5.41) is 34.4. The van der Waals surface area contributed by atoms with Crippen LogP contribution in [-0.2, 0) is 0 Å². The average Bonchev–Trinajstić information content (AvgIpc) is 2.55. The largest absolute Gasteiger partial charge is 0.322 e. The maximum Gasteiger partial charge on any atom is 0.295 e. The Hall–Kier alpha value is -3.60. The van der Waals surface area contributed by atoms with Crippen LogP contribution in [0.2, 0.25) is 5.02 Å². The van der Waals surface area contributed by atoms with E-state index in [0.717, 1.165) is 18.2 Å². The lowest BCUT2D eigenvalue weighted by atomic mass is 10.1. The van der Waals surface area contributed by atoms with Crippen molar-refractivity contribution in [1.29, 1.82) is 0 Å². The van der Waals surface area contributed by atoms with Gasteiger partial charge in [-0.2, -0.15) is 0 Å². The number of hydrogen-bond donors (Lipinski definition) is 1. The molecule has 12 heteroatoms. The van der Waals surface area contributed by atoms with Crippen LogP contribution in [0.25, 0.3) is 0 Å². The van der Waals surface area contributed by atoms with Gasteiger partial charge in [0.2, 0.25) is 0 Å². The van der Waals surface area contributed by atoms with Gasteiger partial charge in [0.25, 0.3) is 23.0 Å². The number of nitro benzene ring substituents is 3. The molecule has 11 nitrogen and oxygen atoms in total.